The van der Waals surface area contributed by atoms with Crippen LogP contribution in [-0.2, 0) is 22.4 Å². The maximum absolute atomic E-state index is 12.7. The summed E-state index contributed by atoms with van der Waals surface area (Å²) in [5.41, 5.74) is 1.58. The first kappa shape index (κ1) is 22.1. The summed E-state index contributed by atoms with van der Waals surface area (Å²) in [5, 5.41) is 0. The van der Waals surface area contributed by atoms with Gasteiger partial charge in [-0.25, -0.2) is 13.4 Å². The first-order valence-corrected chi connectivity index (χ1v) is 11.7. The third-order valence-corrected chi connectivity index (χ3v) is 7.11. The molecule has 0 N–H and O–H groups in total. The number of anilines is 1. The van der Waals surface area contributed by atoms with Gasteiger partial charge in [-0.05, 0) is 54.8 Å². The van der Waals surface area contributed by atoms with Crippen molar-refractivity contribution in [3.05, 3.63) is 78.0 Å². The van der Waals surface area contributed by atoms with E-state index in [0.29, 0.717) is 19.2 Å². The number of sulfone groups is 1. The smallest absolute Gasteiger partial charge is 0.417 e. The summed E-state index contributed by atoms with van der Waals surface area (Å²) in [5.74, 6) is 0.288. The zero-order valence-electron chi connectivity index (χ0n) is 17.0. The molecule has 0 amide bonds. The molecule has 0 unspecified atom stereocenters. The fourth-order valence-electron chi connectivity index (χ4n) is 3.65. The van der Waals surface area contributed by atoms with Crippen LogP contribution in [0.3, 0.4) is 0 Å². The maximum atomic E-state index is 12.7. The Morgan fingerprint density at radius 3 is 2.44 bits per heavy atom. The van der Waals surface area contributed by atoms with Crippen LogP contribution in [0.15, 0.2) is 71.8 Å². The number of fused-ring (bicyclic) bond motifs is 1. The molecule has 0 saturated carbocycles. The average Bonchev–Trinajstić information content (AvgIpc) is 3.17. The fraction of sp³-hybridized carbons (Fsp3) is 0.261. The van der Waals surface area contributed by atoms with Crippen molar-refractivity contribution in [2.45, 2.75) is 23.9 Å². The number of hydrogen-bond donors (Lipinski definition) is 0. The molecule has 9 heteroatoms. The van der Waals surface area contributed by atoms with Gasteiger partial charge < -0.3 is 9.64 Å². The van der Waals surface area contributed by atoms with Crippen LogP contribution in [0.5, 0.6) is 11.6 Å². The number of pyridine rings is 1. The number of rotatable bonds is 7. The van der Waals surface area contributed by atoms with Gasteiger partial charge in [0.15, 0.2) is 9.84 Å². The molecule has 0 atom stereocenters. The van der Waals surface area contributed by atoms with Gasteiger partial charge in [-0.3, -0.25) is 0 Å². The van der Waals surface area contributed by atoms with E-state index in [2.05, 4.69) is 22.0 Å². The minimum Gasteiger partial charge on any atom is -0.439 e. The highest BCUT2D eigenvalue weighted by Crippen LogP contribution is 2.30. The molecule has 2 aromatic carbocycles. The molecule has 32 heavy (non-hydrogen) atoms. The lowest BCUT2D eigenvalue weighted by Gasteiger charge is -2.19. The van der Waals surface area contributed by atoms with Gasteiger partial charge in [-0.2, -0.15) is 13.2 Å². The Balaban J connectivity index is 1.33. The number of ether oxygens (including phenoxy) is 1. The summed E-state index contributed by atoms with van der Waals surface area (Å²) in [4.78, 5) is 6.02. The van der Waals surface area contributed by atoms with Gasteiger partial charge in [0.25, 0.3) is 0 Å². The quantitative estimate of drug-likeness (QED) is 0.488. The third kappa shape index (κ3) is 5.04. The fourth-order valence-corrected chi connectivity index (χ4v) is 4.94. The van der Waals surface area contributed by atoms with Gasteiger partial charge in [0, 0.05) is 31.0 Å². The van der Waals surface area contributed by atoms with E-state index in [4.69, 9.17) is 4.74 Å². The van der Waals surface area contributed by atoms with Gasteiger partial charge in [-0.15, -0.1) is 0 Å². The molecule has 0 fully saturated rings. The van der Waals surface area contributed by atoms with E-state index < -0.39 is 21.6 Å². The Labute approximate surface area is 184 Å². The van der Waals surface area contributed by atoms with E-state index in [-0.39, 0.29) is 22.3 Å². The van der Waals surface area contributed by atoms with Crippen molar-refractivity contribution in [1.29, 1.82) is 0 Å². The summed E-state index contributed by atoms with van der Waals surface area (Å²) in [6, 6.07) is 15.9. The molecule has 0 saturated heterocycles. The molecular weight excluding hydrogens is 441 g/mol. The van der Waals surface area contributed by atoms with Crippen LogP contribution >= 0.6 is 0 Å². The molecule has 1 aromatic heterocycles. The summed E-state index contributed by atoms with van der Waals surface area (Å²) in [6.45, 7) is 1.56. The molecule has 0 bridgehead atoms. The highest BCUT2D eigenvalue weighted by atomic mass is 32.2. The van der Waals surface area contributed by atoms with Gasteiger partial charge in [0.2, 0.25) is 5.88 Å². The Bertz CT molecular complexity index is 1180. The average molecular weight is 462 g/mol. The largest absolute Gasteiger partial charge is 0.439 e. The SMILES string of the molecule is O=S(=O)(CCCN1CCc2ccccc21)c1ccc(Oc2ccc(C(F)(F)F)cn2)cc1. The Kier molecular flexibility index (Phi) is 6.10. The second-order valence-corrected chi connectivity index (χ2v) is 9.60. The highest BCUT2D eigenvalue weighted by molar-refractivity contribution is 7.91. The normalized spacial score (nSPS) is 13.8. The predicted octanol–water partition coefficient (Wildman–Crippen LogP) is 5.12. The second kappa shape index (κ2) is 8.82. The van der Waals surface area contributed by atoms with Crippen molar-refractivity contribution in [2.24, 2.45) is 0 Å². The van der Waals surface area contributed by atoms with Gasteiger partial charge in [-0.1, -0.05) is 18.2 Å². The van der Waals surface area contributed by atoms with E-state index in [9.17, 15) is 21.6 Å². The second-order valence-electron chi connectivity index (χ2n) is 7.49. The minimum absolute atomic E-state index is 0.0144. The van der Waals surface area contributed by atoms with Crippen LogP contribution in [0.1, 0.15) is 17.5 Å². The van der Waals surface area contributed by atoms with Crippen molar-refractivity contribution in [1.82, 2.24) is 4.98 Å². The van der Waals surface area contributed by atoms with E-state index in [0.717, 1.165) is 25.1 Å². The lowest BCUT2D eigenvalue weighted by Crippen LogP contribution is -2.23. The first-order valence-electron chi connectivity index (χ1n) is 10.1. The molecule has 5 nitrogen and oxygen atoms in total. The van der Waals surface area contributed by atoms with E-state index in [1.54, 1.807) is 0 Å². The monoisotopic (exact) mass is 462 g/mol. The molecule has 0 aliphatic carbocycles. The topological polar surface area (TPSA) is 59.5 Å². The van der Waals surface area contributed by atoms with E-state index >= 15 is 0 Å². The molecule has 3 aromatic rings. The lowest BCUT2D eigenvalue weighted by molar-refractivity contribution is -0.137. The van der Waals surface area contributed by atoms with Crippen molar-refractivity contribution >= 4 is 15.5 Å². The van der Waals surface area contributed by atoms with Crippen LogP contribution < -0.4 is 9.64 Å². The molecule has 1 aliphatic heterocycles. The van der Waals surface area contributed by atoms with Crippen LogP contribution in [-0.4, -0.2) is 32.2 Å². The molecule has 0 spiro atoms. The number of halogens is 3. The summed E-state index contributed by atoms with van der Waals surface area (Å²) in [7, 11) is -3.46. The summed E-state index contributed by atoms with van der Waals surface area (Å²) >= 11 is 0. The van der Waals surface area contributed by atoms with Crippen LogP contribution in [0.4, 0.5) is 18.9 Å². The van der Waals surface area contributed by atoms with E-state index in [1.165, 1.54) is 35.5 Å². The Morgan fingerprint density at radius 2 is 1.75 bits per heavy atom. The molecule has 1 aliphatic rings. The van der Waals surface area contributed by atoms with Crippen LogP contribution in [0.2, 0.25) is 0 Å². The number of para-hydroxylation sites is 1. The van der Waals surface area contributed by atoms with Crippen LogP contribution in [0.25, 0.3) is 0 Å². The Morgan fingerprint density at radius 1 is 1.00 bits per heavy atom. The zero-order valence-corrected chi connectivity index (χ0v) is 17.9. The number of hydrogen-bond acceptors (Lipinski definition) is 5. The Hall–Kier alpha value is -3.07. The first-order chi connectivity index (χ1) is 15.2. The van der Waals surface area contributed by atoms with Gasteiger partial charge in [0.05, 0.1) is 16.2 Å². The highest BCUT2D eigenvalue weighted by Gasteiger charge is 2.30. The van der Waals surface area contributed by atoms with Crippen molar-refractivity contribution in [3.8, 4) is 11.6 Å². The molecule has 0 radical (unpaired) electrons. The van der Waals surface area contributed by atoms with Gasteiger partial charge in [0.1, 0.15) is 5.75 Å². The third-order valence-electron chi connectivity index (χ3n) is 5.29. The van der Waals surface area contributed by atoms with Crippen LogP contribution in [0, 0.1) is 0 Å². The van der Waals surface area contributed by atoms with E-state index in [1.807, 2.05) is 12.1 Å². The maximum Gasteiger partial charge on any atom is 0.417 e. The number of nitrogens with zero attached hydrogens (tertiary/aromatic N) is 2. The minimum atomic E-state index is -4.47. The predicted molar refractivity (Wildman–Crippen MR) is 115 cm³/mol. The molecular formula is C23H21F3N2O3S. The standard InChI is InChI=1S/C23H21F3N2O3S/c24-23(25,26)18-6-11-22(27-16-18)31-19-7-9-20(10-8-19)32(29,30)15-3-13-28-14-12-17-4-1-2-5-21(17)28/h1-2,4-11,16H,3,12-15H2. The number of benzene rings is 2. The van der Waals surface area contributed by atoms with Crippen molar-refractivity contribution < 1.29 is 26.3 Å². The summed E-state index contributed by atoms with van der Waals surface area (Å²) in [6.07, 6.45) is -2.31. The van der Waals surface area contributed by atoms with Crippen molar-refractivity contribution in [3.63, 3.8) is 0 Å². The summed E-state index contributed by atoms with van der Waals surface area (Å²) < 4.78 is 68.6. The zero-order chi connectivity index (χ0) is 22.8. The van der Waals surface area contributed by atoms with Crippen molar-refractivity contribution in [2.75, 3.05) is 23.7 Å². The number of alkyl halides is 3. The molecule has 2 heterocycles. The van der Waals surface area contributed by atoms with Gasteiger partial charge >= 0.3 is 6.18 Å². The number of aromatic nitrogens is 1. The lowest BCUT2D eigenvalue weighted by atomic mass is 10.2. The molecule has 168 valence electrons. The molecule has 4 rings (SSSR count).